The lowest BCUT2D eigenvalue weighted by Crippen LogP contribution is -2.35. The van der Waals surface area contributed by atoms with E-state index in [-0.39, 0.29) is 23.1 Å². The Morgan fingerprint density at radius 2 is 1.72 bits per heavy atom. The van der Waals surface area contributed by atoms with Crippen LogP contribution in [-0.2, 0) is 4.79 Å². The van der Waals surface area contributed by atoms with E-state index in [1.807, 2.05) is 6.07 Å². The number of fused-ring (bicyclic) bond motifs is 1. The van der Waals surface area contributed by atoms with Crippen molar-refractivity contribution < 1.29 is 28.9 Å². The van der Waals surface area contributed by atoms with Crippen LogP contribution in [0.1, 0.15) is 11.6 Å². The molecule has 0 saturated heterocycles. The minimum absolute atomic E-state index is 0.109. The number of amides is 1. The van der Waals surface area contributed by atoms with Crippen molar-refractivity contribution in [1.29, 1.82) is 0 Å². The molecule has 1 amide bonds. The van der Waals surface area contributed by atoms with Crippen LogP contribution < -0.4 is 20.5 Å². The van der Waals surface area contributed by atoms with Crippen LogP contribution in [0, 0.1) is 5.82 Å². The summed E-state index contributed by atoms with van der Waals surface area (Å²) in [7, 11) is 0. The van der Waals surface area contributed by atoms with Gasteiger partial charge in [-0.05, 0) is 48.0 Å². The molecule has 0 aliphatic carbocycles. The molecule has 4 aromatic carbocycles. The predicted molar refractivity (Wildman–Crippen MR) is 132 cm³/mol. The van der Waals surface area contributed by atoms with Gasteiger partial charge in [-0.2, -0.15) is 0 Å². The molecule has 0 saturated carbocycles. The van der Waals surface area contributed by atoms with Crippen molar-refractivity contribution in [2.45, 2.75) is 6.04 Å². The molecule has 0 aromatic heterocycles. The number of phenols is 1. The lowest BCUT2D eigenvalue weighted by atomic mass is 10.0. The fourth-order valence-electron chi connectivity index (χ4n) is 4.17. The van der Waals surface area contributed by atoms with E-state index in [4.69, 9.17) is 9.84 Å². The SMILES string of the molecule is O=C(O)Oc1cccc(-c2cccc(NNC3C(=O)N(c4ccccc4)c4cc(F)ccc43)c2O)c1. The Kier molecular flexibility index (Phi) is 5.97. The highest BCUT2D eigenvalue weighted by molar-refractivity contribution is 6.10. The number of benzene rings is 4. The first-order chi connectivity index (χ1) is 17.4. The minimum atomic E-state index is -1.44. The maximum atomic E-state index is 14.1. The number of carbonyl (C=O) groups excluding carboxylic acids is 1. The molecule has 5 rings (SSSR count). The summed E-state index contributed by atoms with van der Waals surface area (Å²) >= 11 is 0. The number of rotatable bonds is 6. The number of hydrogen-bond acceptors (Lipinski definition) is 6. The monoisotopic (exact) mass is 485 g/mol. The van der Waals surface area contributed by atoms with Crippen molar-refractivity contribution in [1.82, 2.24) is 5.43 Å². The Balaban J connectivity index is 1.42. The number of nitrogens with zero attached hydrogens (tertiary/aromatic N) is 1. The fourth-order valence-corrected chi connectivity index (χ4v) is 4.17. The van der Waals surface area contributed by atoms with Crippen LogP contribution in [0.2, 0.25) is 0 Å². The molecule has 1 atom stereocenters. The van der Waals surface area contributed by atoms with Crippen LogP contribution >= 0.6 is 0 Å². The first-order valence-electron chi connectivity index (χ1n) is 11.0. The maximum absolute atomic E-state index is 14.1. The van der Waals surface area contributed by atoms with Crippen LogP contribution in [0.15, 0.2) is 91.0 Å². The number of aromatic hydroxyl groups is 1. The number of halogens is 1. The molecule has 0 spiro atoms. The average Bonchev–Trinajstić information content (AvgIpc) is 3.13. The van der Waals surface area contributed by atoms with Gasteiger partial charge >= 0.3 is 6.16 Å². The van der Waals surface area contributed by atoms with Crippen LogP contribution in [0.25, 0.3) is 11.1 Å². The lowest BCUT2D eigenvalue weighted by molar-refractivity contribution is -0.119. The van der Waals surface area contributed by atoms with Crippen molar-refractivity contribution in [2.75, 3.05) is 10.3 Å². The molecule has 1 heterocycles. The summed E-state index contributed by atoms with van der Waals surface area (Å²) in [5.41, 5.74) is 8.70. The van der Waals surface area contributed by atoms with Crippen LogP contribution in [-0.4, -0.2) is 22.3 Å². The summed E-state index contributed by atoms with van der Waals surface area (Å²) in [4.78, 5) is 25.7. The van der Waals surface area contributed by atoms with Crippen molar-refractivity contribution in [3.05, 3.63) is 102 Å². The van der Waals surface area contributed by atoms with E-state index in [1.54, 1.807) is 60.7 Å². The summed E-state index contributed by atoms with van der Waals surface area (Å²) in [6.07, 6.45) is -1.44. The number of ether oxygens (including phenoxy) is 1. The summed E-state index contributed by atoms with van der Waals surface area (Å²) in [6.45, 7) is 0. The van der Waals surface area contributed by atoms with Gasteiger partial charge in [-0.25, -0.2) is 14.6 Å². The topological polar surface area (TPSA) is 111 Å². The van der Waals surface area contributed by atoms with Gasteiger partial charge in [-0.15, -0.1) is 0 Å². The van der Waals surface area contributed by atoms with Gasteiger partial charge in [0, 0.05) is 16.8 Å². The second-order valence-electron chi connectivity index (χ2n) is 8.01. The van der Waals surface area contributed by atoms with Crippen molar-refractivity contribution in [2.24, 2.45) is 0 Å². The van der Waals surface area contributed by atoms with Crippen molar-refractivity contribution in [3.8, 4) is 22.6 Å². The van der Waals surface area contributed by atoms with Crippen LogP contribution in [0.3, 0.4) is 0 Å². The number of hydrazine groups is 1. The maximum Gasteiger partial charge on any atom is 0.511 e. The van der Waals surface area contributed by atoms with E-state index in [0.29, 0.717) is 28.1 Å². The standard InChI is InChI=1S/C27H20FN3O5/c28-17-12-13-21-23(15-17)31(18-7-2-1-3-8-18)26(33)24(21)30-29-22-11-5-10-20(25(22)32)16-6-4-9-19(14-16)36-27(34)35/h1-15,24,29-30,32H,(H,34,35). The van der Waals surface area contributed by atoms with E-state index in [2.05, 4.69) is 10.9 Å². The molecule has 8 nitrogen and oxygen atoms in total. The third kappa shape index (κ3) is 4.30. The third-order valence-electron chi connectivity index (χ3n) is 5.76. The first kappa shape index (κ1) is 22.9. The predicted octanol–water partition coefficient (Wildman–Crippen LogP) is 5.59. The molecule has 0 bridgehead atoms. The highest BCUT2D eigenvalue weighted by Gasteiger charge is 2.38. The zero-order valence-corrected chi connectivity index (χ0v) is 18.7. The molecule has 9 heteroatoms. The number of carboxylic acid groups (broad SMARTS) is 1. The van der Waals surface area contributed by atoms with E-state index in [0.717, 1.165) is 0 Å². The van der Waals surface area contributed by atoms with Gasteiger partial charge in [-0.3, -0.25) is 9.69 Å². The Morgan fingerprint density at radius 1 is 0.944 bits per heavy atom. The zero-order valence-electron chi connectivity index (χ0n) is 18.7. The number of carbonyl (C=O) groups is 2. The number of para-hydroxylation sites is 2. The van der Waals surface area contributed by atoms with Crippen LogP contribution in [0.5, 0.6) is 11.5 Å². The Morgan fingerprint density at radius 3 is 2.50 bits per heavy atom. The van der Waals surface area contributed by atoms with Crippen molar-refractivity contribution >= 4 is 29.1 Å². The molecule has 1 unspecified atom stereocenters. The molecule has 0 radical (unpaired) electrons. The van der Waals surface area contributed by atoms with E-state index >= 15 is 0 Å². The van der Waals surface area contributed by atoms with Gasteiger partial charge in [0.05, 0.1) is 11.4 Å². The lowest BCUT2D eigenvalue weighted by Gasteiger charge is -2.19. The number of phenolic OH excluding ortho intramolecular Hbond substituents is 1. The molecular weight excluding hydrogens is 465 g/mol. The van der Waals surface area contributed by atoms with E-state index in [1.165, 1.54) is 29.2 Å². The Hall–Kier alpha value is -4.89. The largest absolute Gasteiger partial charge is 0.511 e. The second kappa shape index (κ2) is 9.40. The van der Waals surface area contributed by atoms with Gasteiger partial charge in [0.25, 0.3) is 5.91 Å². The quantitative estimate of drug-likeness (QED) is 0.122. The molecule has 36 heavy (non-hydrogen) atoms. The number of nitrogens with one attached hydrogen (secondary N) is 2. The summed E-state index contributed by atoms with van der Waals surface area (Å²) < 4.78 is 18.8. The Bertz CT molecular complexity index is 1460. The molecule has 4 N–H and O–H groups in total. The minimum Gasteiger partial charge on any atom is -0.505 e. The van der Waals surface area contributed by atoms with Gasteiger partial charge in [0.15, 0.2) is 0 Å². The first-order valence-corrected chi connectivity index (χ1v) is 11.0. The van der Waals surface area contributed by atoms with E-state index in [9.17, 15) is 19.1 Å². The third-order valence-corrected chi connectivity index (χ3v) is 5.76. The van der Waals surface area contributed by atoms with Gasteiger partial charge in [-0.1, -0.05) is 48.5 Å². The highest BCUT2D eigenvalue weighted by Crippen LogP contribution is 2.42. The second-order valence-corrected chi connectivity index (χ2v) is 8.01. The molecule has 0 fully saturated rings. The molecule has 4 aromatic rings. The van der Waals surface area contributed by atoms with E-state index < -0.39 is 18.0 Å². The molecule has 1 aliphatic heterocycles. The smallest absolute Gasteiger partial charge is 0.505 e. The summed E-state index contributed by atoms with van der Waals surface area (Å²) in [5.74, 6) is -0.793. The van der Waals surface area contributed by atoms with Crippen LogP contribution in [0.4, 0.5) is 26.2 Å². The normalized spacial score (nSPS) is 14.4. The molecular formula is C27H20FN3O5. The average molecular weight is 485 g/mol. The van der Waals surface area contributed by atoms with Crippen molar-refractivity contribution in [3.63, 3.8) is 0 Å². The summed E-state index contributed by atoms with van der Waals surface area (Å²) in [5, 5.41) is 19.8. The van der Waals surface area contributed by atoms with Gasteiger partial charge < -0.3 is 20.4 Å². The highest BCUT2D eigenvalue weighted by atomic mass is 19.1. The summed E-state index contributed by atoms with van der Waals surface area (Å²) in [6, 6.07) is 23.5. The molecule has 180 valence electrons. The Labute approximate surface area is 205 Å². The number of hydrogen-bond donors (Lipinski definition) is 4. The number of anilines is 3. The van der Waals surface area contributed by atoms with Gasteiger partial charge in [0.2, 0.25) is 0 Å². The van der Waals surface area contributed by atoms with Gasteiger partial charge in [0.1, 0.15) is 23.4 Å². The molecule has 1 aliphatic rings. The zero-order chi connectivity index (χ0) is 25.2. The fraction of sp³-hybridized carbons (Fsp3) is 0.0370.